The number of rotatable bonds is 4. The van der Waals surface area contributed by atoms with Crippen LogP contribution in [0.4, 0.5) is 5.95 Å². The van der Waals surface area contributed by atoms with Gasteiger partial charge in [0, 0.05) is 37.9 Å². The summed E-state index contributed by atoms with van der Waals surface area (Å²) in [6.07, 6.45) is 8.35. The average Bonchev–Trinajstić information content (AvgIpc) is 3.31. The number of aryl methyl sites for hydroxylation is 1. The van der Waals surface area contributed by atoms with E-state index in [0.717, 1.165) is 49.7 Å². The van der Waals surface area contributed by atoms with E-state index in [1.807, 2.05) is 6.20 Å². The number of aromatic nitrogens is 2. The lowest BCUT2D eigenvalue weighted by molar-refractivity contribution is -0.0598. The quantitative estimate of drug-likeness (QED) is 0.884. The SMILES string of the molecule is Cc1ccc(C2(O)C[C@@H]3CC[C@@H](C2)N3Cc2ccnc(N3CCCC3)n2)cc1. The van der Waals surface area contributed by atoms with Gasteiger partial charge in [-0.15, -0.1) is 0 Å². The van der Waals surface area contributed by atoms with Crippen LogP contribution in [0.1, 0.15) is 55.3 Å². The number of anilines is 1. The van der Waals surface area contributed by atoms with Crippen molar-refractivity contribution < 1.29 is 5.11 Å². The van der Waals surface area contributed by atoms with Gasteiger partial charge in [0.25, 0.3) is 0 Å². The van der Waals surface area contributed by atoms with Crippen molar-refractivity contribution in [3.63, 3.8) is 0 Å². The molecule has 28 heavy (non-hydrogen) atoms. The predicted molar refractivity (Wildman–Crippen MR) is 110 cm³/mol. The first-order chi connectivity index (χ1) is 13.6. The van der Waals surface area contributed by atoms with Crippen molar-refractivity contribution in [2.24, 2.45) is 0 Å². The van der Waals surface area contributed by atoms with Crippen molar-refractivity contribution >= 4 is 5.95 Å². The third kappa shape index (κ3) is 3.31. The van der Waals surface area contributed by atoms with Gasteiger partial charge in [-0.25, -0.2) is 9.97 Å². The summed E-state index contributed by atoms with van der Waals surface area (Å²) in [5.41, 5.74) is 2.73. The largest absolute Gasteiger partial charge is 0.385 e. The molecule has 4 heterocycles. The summed E-state index contributed by atoms with van der Waals surface area (Å²) in [5, 5.41) is 11.4. The number of nitrogens with zero attached hydrogens (tertiary/aromatic N) is 4. The Hall–Kier alpha value is -1.98. The van der Waals surface area contributed by atoms with E-state index in [0.29, 0.717) is 12.1 Å². The van der Waals surface area contributed by atoms with Crippen LogP contribution in [0.15, 0.2) is 36.5 Å². The Morgan fingerprint density at radius 2 is 1.71 bits per heavy atom. The minimum atomic E-state index is -0.692. The molecule has 2 atom stereocenters. The molecule has 0 saturated carbocycles. The third-order valence-electron chi connectivity index (χ3n) is 6.94. The maximum Gasteiger partial charge on any atom is 0.225 e. The fraction of sp³-hybridized carbons (Fsp3) is 0.565. The molecule has 1 aromatic carbocycles. The molecule has 148 valence electrons. The van der Waals surface area contributed by atoms with Crippen LogP contribution in [-0.4, -0.2) is 45.1 Å². The van der Waals surface area contributed by atoms with Gasteiger partial charge in [0.1, 0.15) is 0 Å². The standard InChI is InChI=1S/C23H30N4O/c1-17-4-6-18(7-5-17)23(28)14-20-8-9-21(15-23)27(20)16-19-10-11-24-22(25-19)26-12-2-3-13-26/h4-7,10-11,20-21,28H,2-3,8-9,12-16H2,1H3/t20-,21-/m0/s1. The van der Waals surface area contributed by atoms with Gasteiger partial charge in [0.15, 0.2) is 0 Å². The van der Waals surface area contributed by atoms with Gasteiger partial charge in [0.2, 0.25) is 5.95 Å². The Bertz CT molecular complexity index is 817. The van der Waals surface area contributed by atoms with Crippen molar-refractivity contribution in [3.8, 4) is 0 Å². The number of aliphatic hydroxyl groups is 1. The van der Waals surface area contributed by atoms with Crippen molar-refractivity contribution in [1.29, 1.82) is 0 Å². The lowest BCUT2D eigenvalue weighted by atomic mass is 9.80. The van der Waals surface area contributed by atoms with E-state index in [2.05, 4.69) is 52.0 Å². The van der Waals surface area contributed by atoms with E-state index in [1.165, 1.54) is 31.2 Å². The fourth-order valence-electron chi connectivity index (χ4n) is 5.40. The molecular formula is C23H30N4O. The summed E-state index contributed by atoms with van der Waals surface area (Å²) in [5.74, 6) is 0.885. The third-order valence-corrected chi connectivity index (χ3v) is 6.94. The second-order valence-electron chi connectivity index (χ2n) is 8.91. The second-order valence-corrected chi connectivity index (χ2v) is 8.91. The number of fused-ring (bicyclic) bond motifs is 2. The molecule has 2 aromatic rings. The highest BCUT2D eigenvalue weighted by molar-refractivity contribution is 5.32. The molecule has 0 spiro atoms. The maximum absolute atomic E-state index is 11.4. The lowest BCUT2D eigenvalue weighted by Crippen LogP contribution is -2.49. The van der Waals surface area contributed by atoms with E-state index in [-0.39, 0.29) is 0 Å². The Morgan fingerprint density at radius 3 is 2.39 bits per heavy atom. The van der Waals surface area contributed by atoms with E-state index < -0.39 is 5.60 Å². The second kappa shape index (κ2) is 7.12. The monoisotopic (exact) mass is 378 g/mol. The van der Waals surface area contributed by atoms with Crippen LogP contribution in [0, 0.1) is 6.92 Å². The van der Waals surface area contributed by atoms with Crippen molar-refractivity contribution in [1.82, 2.24) is 14.9 Å². The Morgan fingerprint density at radius 1 is 1.04 bits per heavy atom. The zero-order valence-corrected chi connectivity index (χ0v) is 16.7. The van der Waals surface area contributed by atoms with Crippen LogP contribution in [0.2, 0.25) is 0 Å². The molecule has 5 heteroatoms. The van der Waals surface area contributed by atoms with Gasteiger partial charge in [-0.05, 0) is 57.1 Å². The van der Waals surface area contributed by atoms with Crippen LogP contribution in [-0.2, 0) is 12.1 Å². The van der Waals surface area contributed by atoms with Crippen molar-refractivity contribution in [2.45, 2.75) is 69.7 Å². The van der Waals surface area contributed by atoms with E-state index in [9.17, 15) is 5.11 Å². The first-order valence-corrected chi connectivity index (χ1v) is 10.7. The molecule has 0 unspecified atom stereocenters. The predicted octanol–water partition coefficient (Wildman–Crippen LogP) is 3.40. The summed E-state index contributed by atoms with van der Waals surface area (Å²) >= 11 is 0. The van der Waals surface area contributed by atoms with Crippen LogP contribution in [0.5, 0.6) is 0 Å². The minimum absolute atomic E-state index is 0.426. The molecule has 3 saturated heterocycles. The van der Waals surface area contributed by atoms with Crippen molar-refractivity contribution in [2.75, 3.05) is 18.0 Å². The van der Waals surface area contributed by atoms with Crippen LogP contribution in [0.25, 0.3) is 0 Å². The molecule has 5 rings (SSSR count). The first kappa shape index (κ1) is 18.1. The van der Waals surface area contributed by atoms with Gasteiger partial charge < -0.3 is 10.0 Å². The summed E-state index contributed by atoms with van der Waals surface area (Å²) in [6.45, 7) is 5.10. The normalized spacial score (nSPS) is 30.1. The topological polar surface area (TPSA) is 52.5 Å². The summed E-state index contributed by atoms with van der Waals surface area (Å²) in [4.78, 5) is 14.2. The summed E-state index contributed by atoms with van der Waals surface area (Å²) in [7, 11) is 0. The molecular weight excluding hydrogens is 348 g/mol. The number of piperidine rings is 1. The van der Waals surface area contributed by atoms with E-state index in [4.69, 9.17) is 4.98 Å². The maximum atomic E-state index is 11.4. The molecule has 3 aliphatic heterocycles. The summed E-state index contributed by atoms with van der Waals surface area (Å²) < 4.78 is 0. The van der Waals surface area contributed by atoms with Gasteiger partial charge in [-0.3, -0.25) is 4.90 Å². The Balaban J connectivity index is 1.32. The Kier molecular flexibility index (Phi) is 4.60. The van der Waals surface area contributed by atoms with E-state index >= 15 is 0 Å². The highest BCUT2D eigenvalue weighted by Crippen LogP contribution is 2.46. The van der Waals surface area contributed by atoms with Crippen molar-refractivity contribution in [3.05, 3.63) is 53.3 Å². The molecule has 1 aromatic heterocycles. The Labute approximate surface area is 167 Å². The zero-order chi connectivity index (χ0) is 19.1. The molecule has 0 aliphatic carbocycles. The zero-order valence-electron chi connectivity index (χ0n) is 16.7. The molecule has 1 N–H and O–H groups in total. The molecule has 3 aliphatic rings. The van der Waals surface area contributed by atoms with Gasteiger partial charge in [-0.2, -0.15) is 0 Å². The minimum Gasteiger partial charge on any atom is -0.385 e. The molecule has 5 nitrogen and oxygen atoms in total. The molecule has 0 radical (unpaired) electrons. The van der Waals surface area contributed by atoms with Gasteiger partial charge >= 0.3 is 0 Å². The summed E-state index contributed by atoms with van der Waals surface area (Å²) in [6, 6.07) is 11.4. The first-order valence-electron chi connectivity index (χ1n) is 10.7. The lowest BCUT2D eigenvalue weighted by Gasteiger charge is -2.44. The molecule has 2 bridgehead atoms. The highest BCUT2D eigenvalue weighted by Gasteiger charge is 2.48. The smallest absolute Gasteiger partial charge is 0.225 e. The number of benzene rings is 1. The van der Waals surface area contributed by atoms with Gasteiger partial charge in [-0.1, -0.05) is 29.8 Å². The molecule has 0 amide bonds. The van der Waals surface area contributed by atoms with Crippen LogP contribution >= 0.6 is 0 Å². The van der Waals surface area contributed by atoms with Crippen LogP contribution in [0.3, 0.4) is 0 Å². The van der Waals surface area contributed by atoms with Gasteiger partial charge in [0.05, 0.1) is 11.3 Å². The highest BCUT2D eigenvalue weighted by atomic mass is 16.3. The average molecular weight is 379 g/mol. The fourth-order valence-corrected chi connectivity index (χ4v) is 5.40. The van der Waals surface area contributed by atoms with E-state index in [1.54, 1.807) is 0 Å². The number of hydrogen-bond donors (Lipinski definition) is 1. The number of hydrogen-bond acceptors (Lipinski definition) is 5. The molecule has 3 fully saturated rings. The van der Waals surface area contributed by atoms with Crippen LogP contribution < -0.4 is 4.90 Å².